The molecule has 2 radical (unpaired) electrons. The van der Waals surface area contributed by atoms with Crippen LogP contribution in [0.3, 0.4) is 0 Å². The number of benzene rings is 2. The summed E-state index contributed by atoms with van der Waals surface area (Å²) in [5, 5.41) is 21.8. The Balaban J connectivity index is 0. The maximum Gasteiger partial charge on any atom is 4.00 e. The second-order valence-corrected chi connectivity index (χ2v) is 5.81. The predicted molar refractivity (Wildman–Crippen MR) is 108 cm³/mol. The summed E-state index contributed by atoms with van der Waals surface area (Å²) in [6.07, 6.45) is 0. The minimum Gasteiger partial charge on any atom is -0.857 e. The Hall–Kier alpha value is -1.32. The van der Waals surface area contributed by atoms with Crippen LogP contribution in [-0.2, 0) is 26.2 Å². The number of hydrogen-bond acceptors (Lipinski definition) is 2. The number of rotatable bonds is 0. The molecule has 4 heteroatoms. The SMILES string of the molecule is C[O-].C[O-].C[Si]C.[Zr+4].c1ccc2[cH-]ccc2c1.c1ccc2[cH-]ccc2c1. The van der Waals surface area contributed by atoms with Crippen molar-refractivity contribution in [2.24, 2.45) is 0 Å². The van der Waals surface area contributed by atoms with Crippen molar-refractivity contribution in [1.29, 1.82) is 0 Å². The van der Waals surface area contributed by atoms with Gasteiger partial charge in [-0.15, -0.1) is 59.3 Å². The second kappa shape index (κ2) is 18.5. The molecule has 0 unspecified atom stereocenters. The number of fused-ring (bicyclic) bond motifs is 2. The van der Waals surface area contributed by atoms with E-state index in [0.29, 0.717) is 0 Å². The molecule has 0 fully saturated rings. The van der Waals surface area contributed by atoms with Crippen LogP contribution < -0.4 is 10.2 Å². The maximum absolute atomic E-state index is 8.25. The van der Waals surface area contributed by atoms with Gasteiger partial charge in [-0.05, 0) is 0 Å². The van der Waals surface area contributed by atoms with Crippen LogP contribution in [0.25, 0.3) is 21.5 Å². The average molecular weight is 442 g/mol. The van der Waals surface area contributed by atoms with Crippen LogP contribution in [0, 0.1) is 0 Å². The Labute approximate surface area is 179 Å². The molecule has 0 aromatic heterocycles. The van der Waals surface area contributed by atoms with Gasteiger partial charge in [0.15, 0.2) is 0 Å². The fourth-order valence-electron chi connectivity index (χ4n) is 2.14. The molecule has 0 N–H and O–H groups in total. The largest absolute Gasteiger partial charge is 4.00 e. The van der Waals surface area contributed by atoms with Crippen LogP contribution in [0.4, 0.5) is 0 Å². The summed E-state index contributed by atoms with van der Waals surface area (Å²) in [5.74, 6) is 0. The van der Waals surface area contributed by atoms with Crippen molar-refractivity contribution in [2.75, 3.05) is 14.2 Å². The van der Waals surface area contributed by atoms with Crippen molar-refractivity contribution in [1.82, 2.24) is 0 Å². The van der Waals surface area contributed by atoms with E-state index in [-0.39, 0.29) is 26.2 Å². The van der Waals surface area contributed by atoms with Crippen LogP contribution in [0.2, 0.25) is 13.1 Å². The van der Waals surface area contributed by atoms with Crippen LogP contribution >= 0.6 is 0 Å². The molecule has 0 spiro atoms. The first-order valence-corrected chi connectivity index (χ1v) is 9.96. The fraction of sp³-hybridized carbons (Fsp3) is 0.182. The van der Waals surface area contributed by atoms with E-state index in [1.165, 1.54) is 21.5 Å². The van der Waals surface area contributed by atoms with Crippen LogP contribution in [0.1, 0.15) is 0 Å². The number of hydrogen-bond donors (Lipinski definition) is 0. The molecular formula is C22H26O2SiZr. The monoisotopic (exact) mass is 440 g/mol. The van der Waals surface area contributed by atoms with Gasteiger partial charge in [0.25, 0.3) is 0 Å². The first kappa shape index (κ1) is 26.9. The molecule has 2 nitrogen and oxygen atoms in total. The summed E-state index contributed by atoms with van der Waals surface area (Å²) in [7, 11) is 2.58. The molecule has 4 aromatic rings. The van der Waals surface area contributed by atoms with E-state index in [0.717, 1.165) is 23.7 Å². The zero-order chi connectivity index (χ0) is 18.9. The zero-order valence-corrected chi connectivity index (χ0v) is 19.4. The van der Waals surface area contributed by atoms with Crippen molar-refractivity contribution >= 4 is 31.1 Å². The van der Waals surface area contributed by atoms with Gasteiger partial charge in [-0.25, -0.2) is 0 Å². The third kappa shape index (κ3) is 9.98. The second-order valence-electron chi connectivity index (χ2n) is 4.81. The summed E-state index contributed by atoms with van der Waals surface area (Å²) < 4.78 is 0. The Morgan fingerprint density at radius 2 is 0.923 bits per heavy atom. The quantitative estimate of drug-likeness (QED) is 0.307. The summed E-state index contributed by atoms with van der Waals surface area (Å²) in [5.41, 5.74) is 0. The van der Waals surface area contributed by atoms with Gasteiger partial charge in [0, 0.05) is 9.52 Å². The Morgan fingerprint density at radius 3 is 1.23 bits per heavy atom. The van der Waals surface area contributed by atoms with Gasteiger partial charge < -0.3 is 10.2 Å². The van der Waals surface area contributed by atoms with Gasteiger partial charge in [-0.3, -0.25) is 0 Å². The molecule has 0 amide bonds. The molecule has 134 valence electrons. The van der Waals surface area contributed by atoms with E-state index < -0.39 is 0 Å². The third-order valence-corrected chi connectivity index (χ3v) is 3.10. The van der Waals surface area contributed by atoms with E-state index in [2.05, 4.69) is 98.0 Å². The standard InChI is InChI=1S/2C9H7.C2H6Si.2CH3O.Zr/c2*1-2-5-9-7-3-6-8(9)4-1;1-3-2;2*1-2;/h2*1-7H;1-2H3;2*1H3;/q2*-1;;2*-1;+4. The van der Waals surface area contributed by atoms with Crippen molar-refractivity contribution in [2.45, 2.75) is 13.1 Å². The molecule has 0 aliphatic rings. The van der Waals surface area contributed by atoms with E-state index in [1.54, 1.807) is 0 Å². The Bertz CT molecular complexity index is 651. The van der Waals surface area contributed by atoms with Gasteiger partial charge in [-0.1, -0.05) is 25.2 Å². The molecule has 4 rings (SSSR count). The predicted octanol–water partition coefficient (Wildman–Crippen LogP) is 3.85. The molecule has 0 atom stereocenters. The Morgan fingerprint density at radius 1 is 0.615 bits per heavy atom. The van der Waals surface area contributed by atoms with Crippen LogP contribution in [0.5, 0.6) is 0 Å². The smallest absolute Gasteiger partial charge is 0.857 e. The van der Waals surface area contributed by atoms with E-state index >= 15 is 0 Å². The topological polar surface area (TPSA) is 46.1 Å². The van der Waals surface area contributed by atoms with Gasteiger partial charge >= 0.3 is 26.2 Å². The van der Waals surface area contributed by atoms with Crippen molar-refractivity contribution in [3.05, 3.63) is 84.9 Å². The summed E-state index contributed by atoms with van der Waals surface area (Å²) >= 11 is 0. The molecule has 4 aromatic carbocycles. The van der Waals surface area contributed by atoms with Gasteiger partial charge in [0.05, 0.1) is 0 Å². The Kier molecular flexibility index (Phi) is 19.1. The summed E-state index contributed by atoms with van der Waals surface area (Å²) in [6.45, 7) is 4.31. The van der Waals surface area contributed by atoms with E-state index in [1.807, 2.05) is 0 Å². The molecule has 0 saturated heterocycles. The fourth-order valence-corrected chi connectivity index (χ4v) is 2.14. The maximum atomic E-state index is 8.25. The first-order valence-electron chi connectivity index (χ1n) is 7.96. The minimum absolute atomic E-state index is 0. The summed E-state index contributed by atoms with van der Waals surface area (Å²) in [6, 6.07) is 29.3. The molecule has 0 saturated carbocycles. The van der Waals surface area contributed by atoms with Crippen molar-refractivity contribution in [3.63, 3.8) is 0 Å². The van der Waals surface area contributed by atoms with Crippen molar-refractivity contribution < 1.29 is 36.4 Å². The first-order chi connectivity index (χ1) is 12.3. The molecule has 26 heavy (non-hydrogen) atoms. The normalized spacial score (nSPS) is 8.23. The molecule has 0 aliphatic carbocycles. The van der Waals surface area contributed by atoms with E-state index in [4.69, 9.17) is 10.2 Å². The third-order valence-electron chi connectivity index (χ3n) is 3.10. The van der Waals surface area contributed by atoms with Gasteiger partial charge in [-0.2, -0.15) is 49.3 Å². The van der Waals surface area contributed by atoms with Crippen molar-refractivity contribution in [3.8, 4) is 0 Å². The molecular weight excluding hydrogens is 416 g/mol. The molecule has 0 bridgehead atoms. The van der Waals surface area contributed by atoms with Gasteiger partial charge in [0.2, 0.25) is 0 Å². The minimum atomic E-state index is 0. The molecule has 0 aliphatic heterocycles. The van der Waals surface area contributed by atoms with Crippen LogP contribution in [-0.4, -0.2) is 23.7 Å². The van der Waals surface area contributed by atoms with Gasteiger partial charge in [0.1, 0.15) is 0 Å². The summed E-state index contributed by atoms with van der Waals surface area (Å²) in [4.78, 5) is 0. The van der Waals surface area contributed by atoms with E-state index in [9.17, 15) is 0 Å². The van der Waals surface area contributed by atoms with Crippen LogP contribution in [0.15, 0.2) is 84.9 Å². The molecule has 0 heterocycles. The average Bonchev–Trinajstić information content (AvgIpc) is 3.35. The zero-order valence-electron chi connectivity index (χ0n) is 15.9.